The number of nitrogens with zero attached hydrogens (tertiary/aromatic N) is 1. The molecule has 1 aliphatic carbocycles. The Labute approximate surface area is 155 Å². The molecule has 0 saturated heterocycles. The number of para-hydroxylation sites is 1. The molecule has 6 heteroatoms. The molecule has 0 spiro atoms. The zero-order valence-electron chi connectivity index (χ0n) is 14.5. The van der Waals surface area contributed by atoms with Crippen LogP contribution in [0.4, 0.5) is 0 Å². The van der Waals surface area contributed by atoms with Gasteiger partial charge >= 0.3 is 0 Å². The fourth-order valence-corrected chi connectivity index (χ4v) is 4.54. The van der Waals surface area contributed by atoms with Gasteiger partial charge in [0.25, 0.3) is 5.56 Å². The Kier molecular flexibility index (Phi) is 4.84. The SMILES string of the molecule is O=C(Cc1cc2ccccc2[nH]c1=O)NCCc1nc2c(s1)CCCC2. The number of H-pyrrole nitrogens is 1. The Balaban J connectivity index is 1.35. The molecular formula is C20H21N3O2S. The Morgan fingerprint density at radius 1 is 1.23 bits per heavy atom. The normalized spacial score (nSPS) is 13.5. The topological polar surface area (TPSA) is 74.8 Å². The van der Waals surface area contributed by atoms with E-state index < -0.39 is 0 Å². The van der Waals surface area contributed by atoms with Gasteiger partial charge in [-0.05, 0) is 43.2 Å². The standard InChI is InChI=1S/C20H21N3O2S/c24-18(12-14-11-13-5-1-2-6-15(13)23-20(14)25)21-10-9-19-22-16-7-3-4-8-17(16)26-19/h1-2,5-6,11H,3-4,7-10,12H2,(H,21,24)(H,23,25). The van der Waals surface area contributed by atoms with E-state index in [9.17, 15) is 9.59 Å². The third-order valence-corrected chi connectivity index (χ3v) is 5.95. The number of rotatable bonds is 5. The van der Waals surface area contributed by atoms with Crippen molar-refractivity contribution in [1.29, 1.82) is 0 Å². The van der Waals surface area contributed by atoms with Crippen molar-refractivity contribution in [2.45, 2.75) is 38.5 Å². The van der Waals surface area contributed by atoms with Gasteiger partial charge in [-0.2, -0.15) is 0 Å². The van der Waals surface area contributed by atoms with Crippen molar-refractivity contribution in [3.8, 4) is 0 Å². The van der Waals surface area contributed by atoms with Gasteiger partial charge in [-0.3, -0.25) is 9.59 Å². The van der Waals surface area contributed by atoms with Crippen LogP contribution >= 0.6 is 11.3 Å². The summed E-state index contributed by atoms with van der Waals surface area (Å²) in [5, 5.41) is 4.94. The molecule has 0 atom stereocenters. The number of hydrogen-bond acceptors (Lipinski definition) is 4. The van der Waals surface area contributed by atoms with Gasteiger partial charge in [0, 0.05) is 28.9 Å². The van der Waals surface area contributed by atoms with Gasteiger partial charge in [0.2, 0.25) is 5.91 Å². The van der Waals surface area contributed by atoms with Crippen LogP contribution in [-0.2, 0) is 30.5 Å². The maximum Gasteiger partial charge on any atom is 0.252 e. The van der Waals surface area contributed by atoms with Gasteiger partial charge in [0.1, 0.15) is 0 Å². The number of carbonyl (C=O) groups is 1. The lowest BCUT2D eigenvalue weighted by atomic mass is 10.0. The number of pyridine rings is 1. The summed E-state index contributed by atoms with van der Waals surface area (Å²) >= 11 is 1.78. The lowest BCUT2D eigenvalue weighted by Crippen LogP contribution is -2.29. The van der Waals surface area contributed by atoms with E-state index >= 15 is 0 Å². The number of thiazole rings is 1. The van der Waals surface area contributed by atoms with Crippen LogP contribution in [0.5, 0.6) is 0 Å². The molecule has 1 aliphatic rings. The highest BCUT2D eigenvalue weighted by Crippen LogP contribution is 2.26. The molecule has 0 aliphatic heterocycles. The molecule has 2 aromatic heterocycles. The molecule has 3 aromatic rings. The van der Waals surface area contributed by atoms with Gasteiger partial charge in [0.05, 0.1) is 17.1 Å². The van der Waals surface area contributed by atoms with Crippen LogP contribution in [0.2, 0.25) is 0 Å². The maximum atomic E-state index is 12.2. The zero-order chi connectivity index (χ0) is 17.9. The minimum Gasteiger partial charge on any atom is -0.355 e. The molecule has 0 radical (unpaired) electrons. The van der Waals surface area contributed by atoms with Crippen LogP contribution in [0.3, 0.4) is 0 Å². The summed E-state index contributed by atoms with van der Waals surface area (Å²) < 4.78 is 0. The van der Waals surface area contributed by atoms with Crippen molar-refractivity contribution in [3.63, 3.8) is 0 Å². The van der Waals surface area contributed by atoms with Crippen LogP contribution in [0.1, 0.15) is 34.0 Å². The highest BCUT2D eigenvalue weighted by Gasteiger charge is 2.15. The van der Waals surface area contributed by atoms with Gasteiger partial charge in [-0.15, -0.1) is 11.3 Å². The highest BCUT2D eigenvalue weighted by molar-refractivity contribution is 7.11. The van der Waals surface area contributed by atoms with Crippen LogP contribution in [-0.4, -0.2) is 22.4 Å². The summed E-state index contributed by atoms with van der Waals surface area (Å²) in [6.07, 6.45) is 5.55. The second-order valence-corrected chi connectivity index (χ2v) is 7.84. The summed E-state index contributed by atoms with van der Waals surface area (Å²) in [7, 11) is 0. The largest absolute Gasteiger partial charge is 0.355 e. The number of nitrogens with one attached hydrogen (secondary N) is 2. The number of aromatic amines is 1. The molecule has 1 amide bonds. The molecule has 134 valence electrons. The van der Waals surface area contributed by atoms with E-state index in [4.69, 9.17) is 4.98 Å². The molecule has 2 N–H and O–H groups in total. The number of hydrogen-bond donors (Lipinski definition) is 2. The predicted octanol–water partition coefficient (Wildman–Crippen LogP) is 2.76. The van der Waals surface area contributed by atoms with E-state index in [2.05, 4.69) is 10.3 Å². The predicted molar refractivity (Wildman–Crippen MR) is 104 cm³/mol. The Bertz CT molecular complexity index is 982. The molecule has 4 rings (SSSR count). The second-order valence-electron chi connectivity index (χ2n) is 6.67. The number of aryl methyl sites for hydroxylation is 2. The number of carbonyl (C=O) groups excluding carboxylic acids is 1. The molecule has 0 unspecified atom stereocenters. The van der Waals surface area contributed by atoms with E-state index in [0.29, 0.717) is 12.1 Å². The fourth-order valence-electron chi connectivity index (χ4n) is 3.38. The number of aromatic nitrogens is 2. The van der Waals surface area contributed by atoms with Crippen molar-refractivity contribution in [2.75, 3.05) is 6.54 Å². The number of amides is 1. The van der Waals surface area contributed by atoms with Crippen LogP contribution in [0, 0.1) is 0 Å². The molecule has 0 bridgehead atoms. The maximum absolute atomic E-state index is 12.2. The van der Waals surface area contributed by atoms with E-state index in [-0.39, 0.29) is 17.9 Å². The fraction of sp³-hybridized carbons (Fsp3) is 0.350. The molecular weight excluding hydrogens is 346 g/mol. The number of benzene rings is 1. The van der Waals surface area contributed by atoms with Gasteiger partial charge in [-0.25, -0.2) is 4.98 Å². The van der Waals surface area contributed by atoms with Crippen LogP contribution in [0.25, 0.3) is 10.9 Å². The zero-order valence-corrected chi connectivity index (χ0v) is 15.3. The highest BCUT2D eigenvalue weighted by atomic mass is 32.1. The average molecular weight is 367 g/mol. The minimum atomic E-state index is -0.202. The molecule has 0 fully saturated rings. The molecule has 1 aromatic carbocycles. The van der Waals surface area contributed by atoms with E-state index in [1.165, 1.54) is 23.4 Å². The Morgan fingerprint density at radius 2 is 2.08 bits per heavy atom. The lowest BCUT2D eigenvalue weighted by Gasteiger charge is -2.06. The summed E-state index contributed by atoms with van der Waals surface area (Å²) in [5.41, 5.74) is 2.33. The van der Waals surface area contributed by atoms with Crippen molar-refractivity contribution < 1.29 is 4.79 Å². The Hall–Kier alpha value is -2.47. The van der Waals surface area contributed by atoms with Crippen molar-refractivity contribution >= 4 is 28.1 Å². The minimum absolute atomic E-state index is 0.0918. The molecule has 0 saturated carbocycles. The number of fused-ring (bicyclic) bond motifs is 2. The quantitative estimate of drug-likeness (QED) is 0.728. The van der Waals surface area contributed by atoms with Gasteiger partial charge in [-0.1, -0.05) is 18.2 Å². The third kappa shape index (κ3) is 3.70. The third-order valence-electron chi connectivity index (χ3n) is 4.73. The van der Waals surface area contributed by atoms with Crippen molar-refractivity contribution in [1.82, 2.24) is 15.3 Å². The van der Waals surface area contributed by atoms with Crippen LogP contribution < -0.4 is 10.9 Å². The Morgan fingerprint density at radius 3 is 2.96 bits per heavy atom. The molecule has 5 nitrogen and oxygen atoms in total. The smallest absolute Gasteiger partial charge is 0.252 e. The van der Waals surface area contributed by atoms with Gasteiger partial charge in [0.15, 0.2) is 0 Å². The monoisotopic (exact) mass is 367 g/mol. The lowest BCUT2D eigenvalue weighted by molar-refractivity contribution is -0.120. The van der Waals surface area contributed by atoms with Crippen molar-refractivity contribution in [2.24, 2.45) is 0 Å². The molecule has 26 heavy (non-hydrogen) atoms. The van der Waals surface area contributed by atoms with Crippen molar-refractivity contribution in [3.05, 3.63) is 61.8 Å². The second kappa shape index (κ2) is 7.41. The first-order chi connectivity index (χ1) is 12.7. The van der Waals surface area contributed by atoms with Crippen LogP contribution in [0.15, 0.2) is 35.1 Å². The first-order valence-electron chi connectivity index (χ1n) is 9.04. The first kappa shape index (κ1) is 17.0. The summed E-state index contributed by atoms with van der Waals surface area (Å²) in [6.45, 7) is 0.552. The average Bonchev–Trinajstić information content (AvgIpc) is 3.05. The molecule has 2 heterocycles. The summed E-state index contributed by atoms with van der Waals surface area (Å²) in [5.74, 6) is -0.132. The van der Waals surface area contributed by atoms with Gasteiger partial charge < -0.3 is 10.3 Å². The summed E-state index contributed by atoms with van der Waals surface area (Å²) in [6, 6.07) is 9.37. The van der Waals surface area contributed by atoms with E-state index in [1.807, 2.05) is 24.3 Å². The summed E-state index contributed by atoms with van der Waals surface area (Å²) in [4.78, 5) is 33.3. The van der Waals surface area contributed by atoms with E-state index in [1.54, 1.807) is 17.4 Å². The van der Waals surface area contributed by atoms with E-state index in [0.717, 1.165) is 35.2 Å². The first-order valence-corrected chi connectivity index (χ1v) is 9.86.